The number of hydrogen-bond donors (Lipinski definition) is 2. The first-order valence-electron chi connectivity index (χ1n) is 13.3. The number of rotatable bonds is 7. The highest BCUT2D eigenvalue weighted by Gasteiger charge is 2.36. The largest absolute Gasteiger partial charge is 0.481 e. The third kappa shape index (κ3) is 5.21. The number of benzene rings is 1. The molecular formula is C28H32F2N4O4. The SMILES string of the molecule is COc1ccc(-c2nc3cc(F)c(F)cc3n2C(C(=O)NC2CCC(C(=O)O)CC2)C2CCCCC2)cn1. The number of amides is 1. The lowest BCUT2D eigenvalue weighted by molar-refractivity contribution is -0.142. The third-order valence-electron chi connectivity index (χ3n) is 8.00. The van der Waals surface area contributed by atoms with Crippen molar-refractivity contribution >= 4 is 22.9 Å². The molecular weight excluding hydrogens is 494 g/mol. The number of imidazole rings is 1. The molecule has 38 heavy (non-hydrogen) atoms. The van der Waals surface area contributed by atoms with Crippen molar-refractivity contribution in [3.05, 3.63) is 42.1 Å². The zero-order chi connectivity index (χ0) is 26.8. The van der Waals surface area contributed by atoms with Gasteiger partial charge in [0.2, 0.25) is 11.8 Å². The van der Waals surface area contributed by atoms with E-state index in [1.807, 2.05) is 0 Å². The van der Waals surface area contributed by atoms with Gasteiger partial charge in [0.05, 0.1) is 24.1 Å². The minimum absolute atomic E-state index is 0.0189. The monoisotopic (exact) mass is 526 g/mol. The molecule has 2 N–H and O–H groups in total. The van der Waals surface area contributed by atoms with Crippen LogP contribution in [0, 0.1) is 23.5 Å². The molecule has 0 saturated heterocycles. The summed E-state index contributed by atoms with van der Waals surface area (Å²) in [6.07, 6.45) is 8.46. The zero-order valence-electron chi connectivity index (χ0n) is 21.3. The van der Waals surface area contributed by atoms with Crippen LogP contribution < -0.4 is 10.1 Å². The maximum absolute atomic E-state index is 14.5. The molecule has 10 heteroatoms. The fourth-order valence-electron chi connectivity index (χ4n) is 5.97. The predicted molar refractivity (Wildman–Crippen MR) is 137 cm³/mol. The van der Waals surface area contributed by atoms with E-state index >= 15 is 0 Å². The smallest absolute Gasteiger partial charge is 0.306 e. The van der Waals surface area contributed by atoms with Crippen LogP contribution in [0.5, 0.6) is 5.88 Å². The van der Waals surface area contributed by atoms with Crippen LogP contribution in [0.1, 0.15) is 63.8 Å². The Bertz CT molecular complexity index is 1310. The van der Waals surface area contributed by atoms with E-state index in [2.05, 4.69) is 15.3 Å². The molecule has 0 radical (unpaired) electrons. The summed E-state index contributed by atoms with van der Waals surface area (Å²) in [7, 11) is 1.51. The van der Waals surface area contributed by atoms with Crippen molar-refractivity contribution in [1.82, 2.24) is 19.9 Å². The molecule has 1 atom stereocenters. The number of nitrogens with zero attached hydrogens (tertiary/aromatic N) is 3. The average molecular weight is 527 g/mol. The number of aromatic nitrogens is 3. The van der Waals surface area contributed by atoms with E-state index in [9.17, 15) is 23.5 Å². The second kappa shape index (κ2) is 11.0. The Morgan fingerprint density at radius 2 is 1.76 bits per heavy atom. The Kier molecular flexibility index (Phi) is 7.58. The second-order valence-corrected chi connectivity index (χ2v) is 10.4. The molecule has 2 aromatic heterocycles. The number of carboxylic acid groups (broad SMARTS) is 1. The number of pyridine rings is 1. The van der Waals surface area contributed by atoms with Gasteiger partial charge in [0.25, 0.3) is 0 Å². The van der Waals surface area contributed by atoms with Crippen molar-refractivity contribution < 1.29 is 28.2 Å². The molecule has 0 aliphatic heterocycles. The quantitative estimate of drug-likeness (QED) is 0.435. The predicted octanol–water partition coefficient (Wildman–Crippen LogP) is 5.27. The normalized spacial score (nSPS) is 21.2. The summed E-state index contributed by atoms with van der Waals surface area (Å²) in [6.45, 7) is 0. The number of halogens is 2. The van der Waals surface area contributed by atoms with E-state index in [0.29, 0.717) is 48.5 Å². The summed E-state index contributed by atoms with van der Waals surface area (Å²) < 4.78 is 35.7. The molecule has 2 aliphatic rings. The zero-order valence-corrected chi connectivity index (χ0v) is 21.3. The molecule has 0 spiro atoms. The van der Waals surface area contributed by atoms with Crippen LogP contribution >= 0.6 is 0 Å². The van der Waals surface area contributed by atoms with E-state index in [-0.39, 0.29) is 29.3 Å². The first-order valence-corrected chi connectivity index (χ1v) is 13.3. The van der Waals surface area contributed by atoms with Crippen molar-refractivity contribution in [3.8, 4) is 17.3 Å². The number of aliphatic carboxylic acids is 1. The number of methoxy groups -OCH3 is 1. The van der Waals surface area contributed by atoms with Crippen LogP contribution in [0.4, 0.5) is 8.78 Å². The van der Waals surface area contributed by atoms with Gasteiger partial charge in [0.15, 0.2) is 11.6 Å². The van der Waals surface area contributed by atoms with E-state index in [1.165, 1.54) is 7.11 Å². The number of ether oxygens (including phenoxy) is 1. The first-order chi connectivity index (χ1) is 18.4. The number of nitrogens with one attached hydrogen (secondary N) is 1. The standard InChI is InChI=1S/C28H32F2N4O4/c1-38-24-12-9-18(15-31-24)26-33-22-13-20(29)21(30)14-23(22)34(26)25(16-5-3-2-4-6-16)27(35)32-19-10-7-17(8-11-19)28(36)37/h9,12-17,19,25H,2-8,10-11H2,1H3,(H,32,35)(H,36,37). The fraction of sp³-hybridized carbons (Fsp3) is 0.500. The van der Waals surface area contributed by atoms with Gasteiger partial charge in [-0.1, -0.05) is 19.3 Å². The molecule has 2 saturated carbocycles. The Labute approximate surface area is 219 Å². The van der Waals surface area contributed by atoms with E-state index in [4.69, 9.17) is 4.74 Å². The lowest BCUT2D eigenvalue weighted by Crippen LogP contribution is -2.44. The molecule has 1 unspecified atom stereocenters. The van der Waals surface area contributed by atoms with Gasteiger partial charge in [-0.15, -0.1) is 0 Å². The highest BCUT2D eigenvalue weighted by atomic mass is 19.2. The van der Waals surface area contributed by atoms with E-state index in [1.54, 1.807) is 22.9 Å². The van der Waals surface area contributed by atoms with E-state index in [0.717, 1.165) is 44.2 Å². The minimum Gasteiger partial charge on any atom is -0.481 e. The molecule has 2 aliphatic carbocycles. The molecule has 1 amide bonds. The molecule has 0 bridgehead atoms. The van der Waals surface area contributed by atoms with Crippen molar-refractivity contribution in [1.29, 1.82) is 0 Å². The van der Waals surface area contributed by atoms with Crippen LogP contribution in [0.15, 0.2) is 30.5 Å². The Balaban J connectivity index is 1.57. The van der Waals surface area contributed by atoms with Gasteiger partial charge >= 0.3 is 5.97 Å². The maximum atomic E-state index is 14.5. The number of hydrogen-bond acceptors (Lipinski definition) is 5. The van der Waals surface area contributed by atoms with E-state index < -0.39 is 23.6 Å². The number of fused-ring (bicyclic) bond motifs is 1. The molecule has 5 rings (SSSR count). The Hall–Kier alpha value is -3.56. The summed E-state index contributed by atoms with van der Waals surface area (Å²) in [6, 6.07) is 4.78. The first kappa shape index (κ1) is 26.1. The molecule has 8 nitrogen and oxygen atoms in total. The molecule has 202 valence electrons. The number of carboxylic acids is 1. The molecule has 2 fully saturated rings. The van der Waals surface area contributed by atoms with Gasteiger partial charge in [-0.25, -0.2) is 18.7 Å². The summed E-state index contributed by atoms with van der Waals surface area (Å²) in [5.74, 6) is -2.61. The van der Waals surface area contributed by atoms with Gasteiger partial charge in [0, 0.05) is 36.0 Å². The topological polar surface area (TPSA) is 106 Å². The highest BCUT2D eigenvalue weighted by molar-refractivity contribution is 5.87. The fourth-order valence-corrected chi connectivity index (χ4v) is 5.97. The van der Waals surface area contributed by atoms with Crippen LogP contribution in [0.3, 0.4) is 0 Å². The van der Waals surface area contributed by atoms with Crippen LogP contribution in [0.25, 0.3) is 22.4 Å². The maximum Gasteiger partial charge on any atom is 0.306 e. The van der Waals surface area contributed by atoms with Crippen LogP contribution in [-0.2, 0) is 9.59 Å². The average Bonchev–Trinajstić information content (AvgIpc) is 3.27. The summed E-state index contributed by atoms with van der Waals surface area (Å²) >= 11 is 0. The summed E-state index contributed by atoms with van der Waals surface area (Å²) in [4.78, 5) is 34.3. The summed E-state index contributed by atoms with van der Waals surface area (Å²) in [5, 5.41) is 12.5. The van der Waals surface area contributed by atoms with Crippen LogP contribution in [0.2, 0.25) is 0 Å². The van der Waals surface area contributed by atoms with Gasteiger partial charge in [-0.05, 0) is 50.5 Å². The van der Waals surface area contributed by atoms with Gasteiger partial charge < -0.3 is 19.7 Å². The number of carbonyl (C=O) groups is 2. The minimum atomic E-state index is -1.01. The Morgan fingerprint density at radius 3 is 2.39 bits per heavy atom. The number of carbonyl (C=O) groups excluding carboxylic acids is 1. The summed E-state index contributed by atoms with van der Waals surface area (Å²) in [5.41, 5.74) is 1.19. The van der Waals surface area contributed by atoms with Gasteiger partial charge in [-0.3, -0.25) is 9.59 Å². The molecule has 2 heterocycles. The highest BCUT2D eigenvalue weighted by Crippen LogP contribution is 2.39. The van der Waals surface area contributed by atoms with Crippen LogP contribution in [-0.4, -0.2) is 44.7 Å². The van der Waals surface area contributed by atoms with Gasteiger partial charge in [0.1, 0.15) is 11.9 Å². The van der Waals surface area contributed by atoms with Gasteiger partial charge in [-0.2, -0.15) is 0 Å². The van der Waals surface area contributed by atoms with Crippen molar-refractivity contribution in [2.24, 2.45) is 11.8 Å². The third-order valence-corrected chi connectivity index (χ3v) is 8.00. The lowest BCUT2D eigenvalue weighted by atomic mass is 9.82. The molecule has 3 aromatic rings. The molecule has 1 aromatic carbocycles. The van der Waals surface area contributed by atoms with Crippen molar-refractivity contribution in [2.75, 3.05) is 7.11 Å². The van der Waals surface area contributed by atoms with Crippen molar-refractivity contribution in [3.63, 3.8) is 0 Å². The Morgan fingerprint density at radius 1 is 1.05 bits per heavy atom. The lowest BCUT2D eigenvalue weighted by Gasteiger charge is -2.34. The second-order valence-electron chi connectivity index (χ2n) is 10.4. The van der Waals surface area contributed by atoms with Crippen molar-refractivity contribution in [2.45, 2.75) is 69.9 Å².